The number of aromatic amines is 1. The minimum atomic E-state index is 0.214. The lowest BCUT2D eigenvalue weighted by Gasteiger charge is -2.39. The maximum atomic E-state index is 6.03. The van der Waals surface area contributed by atoms with E-state index >= 15 is 0 Å². The van der Waals surface area contributed by atoms with Crippen molar-refractivity contribution in [1.82, 2.24) is 25.1 Å². The van der Waals surface area contributed by atoms with Crippen LogP contribution < -0.4 is 5.32 Å². The average Bonchev–Trinajstić information content (AvgIpc) is 2.97. The Morgan fingerprint density at radius 1 is 1.17 bits per heavy atom. The molecule has 2 aromatic rings. The number of aromatic nitrogens is 4. The standard InChI is InChI=1S/C15H20BrClN6O/c16-12-11-13(19-15(17)20-14(11)22-21-12)18-9-1-3-10(4-2-9)23-5-7-24-8-6-23/h9-10H,1-8H2,(H2,18,19,20,21,22). The molecule has 2 N–H and O–H groups in total. The highest BCUT2D eigenvalue weighted by molar-refractivity contribution is 9.10. The summed E-state index contributed by atoms with van der Waals surface area (Å²) < 4.78 is 6.23. The summed E-state index contributed by atoms with van der Waals surface area (Å²) in [4.78, 5) is 11.1. The van der Waals surface area contributed by atoms with Crippen LogP contribution in [0.4, 0.5) is 5.82 Å². The van der Waals surface area contributed by atoms with E-state index in [9.17, 15) is 0 Å². The van der Waals surface area contributed by atoms with Crippen LogP contribution in [-0.4, -0.2) is 63.5 Å². The first kappa shape index (κ1) is 16.5. The van der Waals surface area contributed by atoms with Crippen LogP contribution in [0.2, 0.25) is 5.28 Å². The van der Waals surface area contributed by atoms with E-state index in [0.29, 0.717) is 17.7 Å². The molecule has 7 nitrogen and oxygen atoms in total. The van der Waals surface area contributed by atoms with E-state index in [0.717, 1.165) is 55.0 Å². The van der Waals surface area contributed by atoms with E-state index in [4.69, 9.17) is 16.3 Å². The number of fused-ring (bicyclic) bond motifs is 1. The van der Waals surface area contributed by atoms with Gasteiger partial charge >= 0.3 is 0 Å². The van der Waals surface area contributed by atoms with Gasteiger partial charge in [-0.25, -0.2) is 0 Å². The minimum Gasteiger partial charge on any atom is -0.379 e. The molecular weight excluding hydrogens is 396 g/mol. The van der Waals surface area contributed by atoms with Gasteiger partial charge in [-0.05, 0) is 53.2 Å². The highest BCUT2D eigenvalue weighted by Gasteiger charge is 2.27. The fourth-order valence-electron chi connectivity index (χ4n) is 3.69. The van der Waals surface area contributed by atoms with Crippen LogP contribution in [0.1, 0.15) is 25.7 Å². The molecule has 3 heterocycles. The molecule has 0 bridgehead atoms. The van der Waals surface area contributed by atoms with Gasteiger partial charge in [0.05, 0.1) is 18.6 Å². The molecule has 0 atom stereocenters. The first-order valence-corrected chi connectivity index (χ1v) is 9.53. The van der Waals surface area contributed by atoms with Gasteiger partial charge in [0.15, 0.2) is 5.65 Å². The van der Waals surface area contributed by atoms with Crippen LogP contribution in [0.15, 0.2) is 4.60 Å². The van der Waals surface area contributed by atoms with Gasteiger partial charge < -0.3 is 10.1 Å². The van der Waals surface area contributed by atoms with E-state index in [2.05, 4.69) is 46.3 Å². The molecule has 1 aliphatic carbocycles. The largest absolute Gasteiger partial charge is 0.379 e. The van der Waals surface area contributed by atoms with Crippen molar-refractivity contribution < 1.29 is 4.74 Å². The Morgan fingerprint density at radius 2 is 1.92 bits per heavy atom. The van der Waals surface area contributed by atoms with Crippen LogP contribution in [-0.2, 0) is 4.74 Å². The molecule has 24 heavy (non-hydrogen) atoms. The molecular formula is C15H20BrClN6O. The summed E-state index contributed by atoms with van der Waals surface area (Å²) in [6, 6.07) is 1.08. The molecule has 0 amide bonds. The number of H-pyrrole nitrogens is 1. The van der Waals surface area contributed by atoms with Crippen molar-refractivity contribution in [3.63, 3.8) is 0 Å². The van der Waals surface area contributed by atoms with Gasteiger partial charge in [-0.2, -0.15) is 15.1 Å². The third-order valence-electron chi connectivity index (χ3n) is 4.94. The van der Waals surface area contributed by atoms with Gasteiger partial charge in [-0.15, -0.1) is 0 Å². The molecule has 9 heteroatoms. The normalized spacial score (nSPS) is 25.9. The van der Waals surface area contributed by atoms with Crippen LogP contribution in [0, 0.1) is 0 Å². The van der Waals surface area contributed by atoms with Crippen molar-refractivity contribution in [2.24, 2.45) is 0 Å². The zero-order chi connectivity index (χ0) is 16.5. The Kier molecular flexibility index (Phi) is 4.89. The van der Waals surface area contributed by atoms with Crippen molar-refractivity contribution >= 4 is 44.4 Å². The number of nitrogens with one attached hydrogen (secondary N) is 2. The lowest BCUT2D eigenvalue weighted by atomic mass is 9.90. The van der Waals surface area contributed by atoms with Gasteiger partial charge in [0.25, 0.3) is 0 Å². The van der Waals surface area contributed by atoms with Gasteiger partial charge in [-0.3, -0.25) is 10.00 Å². The number of anilines is 1. The lowest BCUT2D eigenvalue weighted by Crippen LogP contribution is -2.46. The van der Waals surface area contributed by atoms with Gasteiger partial charge in [-0.1, -0.05) is 0 Å². The summed E-state index contributed by atoms with van der Waals surface area (Å²) >= 11 is 9.49. The van der Waals surface area contributed by atoms with E-state index < -0.39 is 0 Å². The van der Waals surface area contributed by atoms with Crippen molar-refractivity contribution in [2.75, 3.05) is 31.6 Å². The fraction of sp³-hybridized carbons (Fsp3) is 0.667. The van der Waals surface area contributed by atoms with E-state index in [-0.39, 0.29) is 5.28 Å². The maximum absolute atomic E-state index is 6.03. The van der Waals surface area contributed by atoms with E-state index in [1.807, 2.05) is 0 Å². The van der Waals surface area contributed by atoms with Crippen molar-refractivity contribution in [3.8, 4) is 0 Å². The Labute approximate surface area is 153 Å². The molecule has 1 saturated carbocycles. The van der Waals surface area contributed by atoms with Crippen molar-refractivity contribution in [1.29, 1.82) is 0 Å². The summed E-state index contributed by atoms with van der Waals surface area (Å²) in [5.74, 6) is 0.750. The molecule has 0 spiro atoms. The third kappa shape index (κ3) is 3.37. The highest BCUT2D eigenvalue weighted by atomic mass is 79.9. The molecule has 2 fully saturated rings. The second-order valence-electron chi connectivity index (χ2n) is 6.38. The molecule has 0 aromatic carbocycles. The van der Waals surface area contributed by atoms with Crippen LogP contribution in [0.25, 0.3) is 11.0 Å². The highest BCUT2D eigenvalue weighted by Crippen LogP contribution is 2.31. The summed E-state index contributed by atoms with van der Waals surface area (Å²) in [5.41, 5.74) is 0.575. The second kappa shape index (κ2) is 7.11. The Balaban J connectivity index is 1.43. The SMILES string of the molecule is Clc1nc(NC2CCC(N3CCOCC3)CC2)c2c(Br)[nH]nc2n1. The van der Waals surface area contributed by atoms with Crippen molar-refractivity contribution in [2.45, 2.75) is 37.8 Å². The molecule has 130 valence electrons. The van der Waals surface area contributed by atoms with Gasteiger partial charge in [0, 0.05) is 25.2 Å². The van der Waals surface area contributed by atoms with E-state index in [1.165, 1.54) is 12.8 Å². The predicted octanol–water partition coefficient (Wildman–Crippen LogP) is 2.82. The van der Waals surface area contributed by atoms with Gasteiger partial charge in [0.2, 0.25) is 5.28 Å². The number of ether oxygens (including phenoxy) is 1. The van der Waals surface area contributed by atoms with Crippen LogP contribution >= 0.6 is 27.5 Å². The third-order valence-corrected chi connectivity index (χ3v) is 5.68. The molecule has 1 saturated heterocycles. The molecule has 1 aliphatic heterocycles. The first-order chi connectivity index (χ1) is 11.7. The zero-order valence-corrected chi connectivity index (χ0v) is 15.6. The van der Waals surface area contributed by atoms with Gasteiger partial charge in [0.1, 0.15) is 10.4 Å². The predicted molar refractivity (Wildman–Crippen MR) is 96.5 cm³/mol. The quantitative estimate of drug-likeness (QED) is 0.751. The summed E-state index contributed by atoms with van der Waals surface area (Å²) in [6.45, 7) is 3.86. The Morgan fingerprint density at radius 3 is 2.67 bits per heavy atom. The van der Waals surface area contributed by atoms with E-state index in [1.54, 1.807) is 0 Å². The number of rotatable bonds is 3. The van der Waals surface area contributed by atoms with Crippen molar-refractivity contribution in [3.05, 3.63) is 9.89 Å². The Hall–Kier alpha value is -0.960. The zero-order valence-electron chi connectivity index (χ0n) is 13.3. The monoisotopic (exact) mass is 414 g/mol. The average molecular weight is 416 g/mol. The first-order valence-electron chi connectivity index (χ1n) is 8.36. The number of nitrogens with zero attached hydrogens (tertiary/aromatic N) is 4. The molecule has 0 unspecified atom stereocenters. The number of morpholine rings is 1. The molecule has 0 radical (unpaired) electrons. The van der Waals surface area contributed by atoms with Crippen LogP contribution in [0.5, 0.6) is 0 Å². The van der Waals surface area contributed by atoms with Crippen LogP contribution in [0.3, 0.4) is 0 Å². The maximum Gasteiger partial charge on any atom is 0.226 e. The number of halogens is 2. The summed E-state index contributed by atoms with van der Waals surface area (Å²) in [7, 11) is 0. The Bertz CT molecular complexity index is 711. The molecule has 4 rings (SSSR count). The number of hydrogen-bond donors (Lipinski definition) is 2. The molecule has 2 aliphatic rings. The summed E-state index contributed by atoms with van der Waals surface area (Å²) in [6.07, 6.45) is 4.65. The number of hydrogen-bond acceptors (Lipinski definition) is 6. The second-order valence-corrected chi connectivity index (χ2v) is 7.51. The minimum absolute atomic E-state index is 0.214. The smallest absolute Gasteiger partial charge is 0.226 e. The molecule has 2 aromatic heterocycles. The fourth-order valence-corrected chi connectivity index (χ4v) is 4.31. The topological polar surface area (TPSA) is 79.0 Å². The lowest BCUT2D eigenvalue weighted by molar-refractivity contribution is 0.00791. The summed E-state index contributed by atoms with van der Waals surface area (Å²) in [5, 5.41) is 11.6.